The van der Waals surface area contributed by atoms with Gasteiger partial charge >= 0.3 is 0 Å². The van der Waals surface area contributed by atoms with E-state index in [1.807, 2.05) is 17.5 Å². The Kier molecular flexibility index (Phi) is 7.12. The second kappa shape index (κ2) is 9.76. The van der Waals surface area contributed by atoms with Gasteiger partial charge in [-0.05, 0) is 47.0 Å². The summed E-state index contributed by atoms with van der Waals surface area (Å²) in [6, 6.07) is 15.6. The van der Waals surface area contributed by atoms with E-state index in [-0.39, 0.29) is 12.6 Å². The molecular weight excluding hydrogens is 390 g/mol. The van der Waals surface area contributed by atoms with Gasteiger partial charge in [-0.2, -0.15) is 0 Å². The number of carbonyl (C=O) groups excluding carboxylic acids is 1. The molecule has 0 bridgehead atoms. The quantitative estimate of drug-likeness (QED) is 0.508. The minimum absolute atomic E-state index is 0.0793. The van der Waals surface area contributed by atoms with E-state index in [1.165, 1.54) is 11.6 Å². The van der Waals surface area contributed by atoms with E-state index in [1.54, 1.807) is 11.3 Å². The smallest absolute Gasteiger partial charge is 0.238 e. The number of hydrogen-bond donors (Lipinski definition) is 2. The molecular formula is C23H24F2N2OS. The maximum Gasteiger partial charge on any atom is 0.238 e. The standard InChI is InChI=1S/C23H24F2N2OS/c1-15(2)13-16-8-10-17(11-9-16)22(20-7-4-12-29-20)26-14-21(28)27-23-18(24)5-3-6-19(23)25/h3-12,15,22,26H,13-14H2,1-2H3,(H,27,28)/t22-/m0/s1. The highest BCUT2D eigenvalue weighted by Crippen LogP contribution is 2.27. The van der Waals surface area contributed by atoms with Crippen LogP contribution in [0.1, 0.15) is 35.9 Å². The highest BCUT2D eigenvalue weighted by Gasteiger charge is 2.18. The number of hydrogen-bond acceptors (Lipinski definition) is 3. The molecule has 0 saturated carbocycles. The number of benzene rings is 2. The molecule has 0 aliphatic rings. The van der Waals surface area contributed by atoms with Gasteiger partial charge < -0.3 is 5.32 Å². The van der Waals surface area contributed by atoms with Crippen molar-refractivity contribution in [3.8, 4) is 0 Å². The van der Waals surface area contributed by atoms with Crippen molar-refractivity contribution in [3.63, 3.8) is 0 Å². The number of carbonyl (C=O) groups is 1. The first-order valence-corrected chi connectivity index (χ1v) is 10.4. The Balaban J connectivity index is 1.71. The summed E-state index contributed by atoms with van der Waals surface area (Å²) in [5.41, 5.74) is 1.87. The van der Waals surface area contributed by atoms with Gasteiger partial charge in [-0.3, -0.25) is 10.1 Å². The van der Waals surface area contributed by atoms with Crippen LogP contribution < -0.4 is 10.6 Å². The second-order valence-electron chi connectivity index (χ2n) is 7.31. The Bertz CT molecular complexity index is 920. The van der Waals surface area contributed by atoms with Gasteiger partial charge in [-0.15, -0.1) is 11.3 Å². The Morgan fingerprint density at radius 1 is 1.00 bits per heavy atom. The van der Waals surface area contributed by atoms with E-state index in [0.29, 0.717) is 5.92 Å². The third kappa shape index (κ3) is 5.71. The topological polar surface area (TPSA) is 41.1 Å². The molecule has 0 unspecified atom stereocenters. The normalized spacial score (nSPS) is 12.2. The maximum atomic E-state index is 13.8. The molecule has 6 heteroatoms. The van der Waals surface area contributed by atoms with Crippen molar-refractivity contribution < 1.29 is 13.6 Å². The Labute approximate surface area is 173 Å². The molecule has 3 rings (SSSR count). The van der Waals surface area contributed by atoms with Crippen LogP contribution in [-0.4, -0.2) is 12.5 Å². The van der Waals surface area contributed by atoms with Gasteiger partial charge in [0, 0.05) is 4.88 Å². The molecule has 3 aromatic rings. The highest BCUT2D eigenvalue weighted by molar-refractivity contribution is 7.10. The lowest BCUT2D eigenvalue weighted by Gasteiger charge is -2.19. The van der Waals surface area contributed by atoms with Crippen molar-refractivity contribution in [1.82, 2.24) is 5.32 Å². The number of rotatable bonds is 8. The SMILES string of the molecule is CC(C)Cc1ccc([C@H](NCC(=O)Nc2c(F)cccc2F)c2cccs2)cc1. The number of anilines is 1. The number of halogens is 2. The third-order valence-corrected chi connectivity index (χ3v) is 5.42. The molecule has 1 heterocycles. The monoisotopic (exact) mass is 414 g/mol. The van der Waals surface area contributed by atoms with Crippen LogP contribution >= 0.6 is 11.3 Å². The van der Waals surface area contributed by atoms with Gasteiger partial charge in [-0.1, -0.05) is 50.2 Å². The Hall–Kier alpha value is -2.57. The van der Waals surface area contributed by atoms with E-state index in [2.05, 4.69) is 48.7 Å². The Morgan fingerprint density at radius 2 is 1.69 bits per heavy atom. The molecule has 0 fully saturated rings. The largest absolute Gasteiger partial charge is 0.320 e. The summed E-state index contributed by atoms with van der Waals surface area (Å²) in [6.07, 6.45) is 1.01. The summed E-state index contributed by atoms with van der Waals surface area (Å²) in [5, 5.41) is 7.50. The fourth-order valence-corrected chi connectivity index (χ4v) is 3.98. The Morgan fingerprint density at radius 3 is 2.28 bits per heavy atom. The van der Waals surface area contributed by atoms with Crippen LogP contribution in [0.3, 0.4) is 0 Å². The molecule has 29 heavy (non-hydrogen) atoms. The fourth-order valence-electron chi connectivity index (χ4n) is 3.15. The predicted molar refractivity (Wildman–Crippen MR) is 114 cm³/mol. The number of nitrogens with one attached hydrogen (secondary N) is 2. The lowest BCUT2D eigenvalue weighted by atomic mass is 9.99. The summed E-state index contributed by atoms with van der Waals surface area (Å²) < 4.78 is 27.5. The second-order valence-corrected chi connectivity index (χ2v) is 8.29. The summed E-state index contributed by atoms with van der Waals surface area (Å²) in [6.45, 7) is 4.28. The van der Waals surface area contributed by atoms with Gasteiger partial charge in [0.05, 0.1) is 12.6 Å². The zero-order valence-corrected chi connectivity index (χ0v) is 17.2. The van der Waals surface area contributed by atoms with Crippen LogP contribution in [-0.2, 0) is 11.2 Å². The summed E-state index contributed by atoms with van der Waals surface area (Å²) in [5.74, 6) is -1.52. The zero-order chi connectivity index (χ0) is 20.8. The first-order valence-electron chi connectivity index (χ1n) is 9.53. The van der Waals surface area contributed by atoms with E-state index >= 15 is 0 Å². The minimum Gasteiger partial charge on any atom is -0.320 e. The minimum atomic E-state index is -0.797. The first-order chi connectivity index (χ1) is 13.9. The molecule has 0 saturated heterocycles. The highest BCUT2D eigenvalue weighted by atomic mass is 32.1. The van der Waals surface area contributed by atoms with Crippen molar-refractivity contribution in [3.05, 3.63) is 87.6 Å². The third-order valence-electron chi connectivity index (χ3n) is 4.48. The van der Waals surface area contributed by atoms with Crippen LogP contribution in [0.25, 0.3) is 0 Å². The van der Waals surface area contributed by atoms with Crippen LogP contribution in [0.4, 0.5) is 14.5 Å². The van der Waals surface area contributed by atoms with Crippen LogP contribution in [0, 0.1) is 17.6 Å². The van der Waals surface area contributed by atoms with Crippen LogP contribution in [0.5, 0.6) is 0 Å². The van der Waals surface area contributed by atoms with Gasteiger partial charge in [0.25, 0.3) is 0 Å². The molecule has 1 atom stereocenters. The first kappa shape index (κ1) is 21.1. The maximum absolute atomic E-state index is 13.8. The van der Waals surface area contributed by atoms with Gasteiger partial charge in [-0.25, -0.2) is 8.78 Å². The van der Waals surface area contributed by atoms with Crippen molar-refractivity contribution in [2.24, 2.45) is 5.92 Å². The molecule has 1 amide bonds. The van der Waals surface area contributed by atoms with Crippen molar-refractivity contribution in [2.45, 2.75) is 26.3 Å². The molecule has 0 aliphatic carbocycles. The molecule has 152 valence electrons. The predicted octanol–water partition coefficient (Wildman–Crippen LogP) is 5.54. The van der Waals surface area contributed by atoms with E-state index < -0.39 is 23.2 Å². The molecule has 0 spiro atoms. The van der Waals surface area contributed by atoms with Crippen LogP contribution in [0.2, 0.25) is 0 Å². The summed E-state index contributed by atoms with van der Waals surface area (Å²) in [7, 11) is 0. The zero-order valence-electron chi connectivity index (χ0n) is 16.4. The van der Waals surface area contributed by atoms with E-state index in [0.717, 1.165) is 29.0 Å². The van der Waals surface area contributed by atoms with Crippen molar-refractivity contribution in [1.29, 1.82) is 0 Å². The lowest BCUT2D eigenvalue weighted by molar-refractivity contribution is -0.115. The average molecular weight is 415 g/mol. The molecule has 1 aromatic heterocycles. The van der Waals surface area contributed by atoms with E-state index in [4.69, 9.17) is 0 Å². The lowest BCUT2D eigenvalue weighted by Crippen LogP contribution is -2.32. The van der Waals surface area contributed by atoms with Gasteiger partial charge in [0.15, 0.2) is 0 Å². The average Bonchev–Trinajstić information content (AvgIpc) is 3.20. The van der Waals surface area contributed by atoms with Crippen molar-refractivity contribution in [2.75, 3.05) is 11.9 Å². The van der Waals surface area contributed by atoms with Crippen LogP contribution in [0.15, 0.2) is 60.0 Å². The number of para-hydroxylation sites is 1. The fraction of sp³-hybridized carbons (Fsp3) is 0.261. The number of thiophene rings is 1. The molecule has 2 aromatic carbocycles. The molecule has 0 radical (unpaired) electrons. The summed E-state index contributed by atoms with van der Waals surface area (Å²) >= 11 is 1.59. The number of amides is 1. The van der Waals surface area contributed by atoms with Crippen molar-refractivity contribution >= 4 is 22.9 Å². The molecule has 2 N–H and O–H groups in total. The van der Waals surface area contributed by atoms with E-state index in [9.17, 15) is 13.6 Å². The van der Waals surface area contributed by atoms with Gasteiger partial charge in [0.2, 0.25) is 5.91 Å². The summed E-state index contributed by atoms with van der Waals surface area (Å²) in [4.78, 5) is 13.4. The van der Waals surface area contributed by atoms with Gasteiger partial charge in [0.1, 0.15) is 17.3 Å². The molecule has 0 aliphatic heterocycles. The molecule has 3 nitrogen and oxygen atoms in total.